The first-order valence-electron chi connectivity index (χ1n) is 11.5. The Balaban J connectivity index is 1.36. The van der Waals surface area contributed by atoms with E-state index in [4.69, 9.17) is 28.8 Å². The van der Waals surface area contributed by atoms with Crippen LogP contribution < -0.4 is 11.1 Å². The van der Waals surface area contributed by atoms with Gasteiger partial charge in [0.25, 0.3) is 0 Å². The molecule has 2 aliphatic rings. The average molecular weight is 536 g/mol. The molecule has 1 aromatic carbocycles. The Bertz CT molecular complexity index is 1380. The van der Waals surface area contributed by atoms with Crippen LogP contribution in [0.15, 0.2) is 30.6 Å². The van der Waals surface area contributed by atoms with Gasteiger partial charge in [-0.1, -0.05) is 18.2 Å². The Kier molecular flexibility index (Phi) is 6.62. The van der Waals surface area contributed by atoms with Gasteiger partial charge >= 0.3 is 13.8 Å². The molecule has 0 amide bonds. The molecule has 0 bridgehead atoms. The van der Waals surface area contributed by atoms with E-state index in [2.05, 4.69) is 20.3 Å². The molecule has 2 fully saturated rings. The van der Waals surface area contributed by atoms with Gasteiger partial charge < -0.3 is 20.5 Å². The predicted octanol–water partition coefficient (Wildman–Crippen LogP) is 2.99. The van der Waals surface area contributed by atoms with Gasteiger partial charge in [0.15, 0.2) is 28.9 Å². The number of phosphoric acid groups is 1. The van der Waals surface area contributed by atoms with Crippen LogP contribution in [0, 0.1) is 0 Å². The van der Waals surface area contributed by atoms with Crippen molar-refractivity contribution >= 4 is 36.7 Å². The summed E-state index contributed by atoms with van der Waals surface area (Å²) in [6.07, 6.45) is -2.07. The summed E-state index contributed by atoms with van der Waals surface area (Å²) >= 11 is 0. The highest BCUT2D eigenvalue weighted by atomic mass is 31.2. The zero-order chi connectivity index (χ0) is 26.4. The van der Waals surface area contributed by atoms with Gasteiger partial charge in [-0.3, -0.25) is 18.1 Å². The Morgan fingerprint density at radius 1 is 1.38 bits per heavy atom. The monoisotopic (exact) mass is 536 g/mol. The van der Waals surface area contributed by atoms with Crippen molar-refractivity contribution in [1.82, 2.24) is 19.5 Å². The fourth-order valence-electron chi connectivity index (χ4n) is 4.39. The van der Waals surface area contributed by atoms with Crippen LogP contribution in [-0.2, 0) is 34.2 Å². The Labute approximate surface area is 211 Å². The summed E-state index contributed by atoms with van der Waals surface area (Å²) in [7, 11) is -2.57. The fourth-order valence-corrected chi connectivity index (χ4v) is 5.84. The third kappa shape index (κ3) is 4.55. The molecule has 4 heterocycles. The normalized spacial score (nSPS) is 29.2. The lowest BCUT2D eigenvalue weighted by Gasteiger charge is -2.33. The van der Waals surface area contributed by atoms with Gasteiger partial charge in [0.1, 0.15) is 12.2 Å². The quantitative estimate of drug-likeness (QED) is 0.336. The second-order valence-electron chi connectivity index (χ2n) is 8.60. The zero-order valence-corrected chi connectivity index (χ0v) is 21.2. The number of nitrogens with two attached hydrogens (primary N) is 1. The summed E-state index contributed by atoms with van der Waals surface area (Å²) in [4.78, 5) is 24.8. The maximum Gasteiger partial charge on any atom is 0.475 e. The molecule has 0 aliphatic carbocycles. The van der Waals surface area contributed by atoms with Gasteiger partial charge in [-0.05, 0) is 25.5 Å². The topological polar surface area (TPSA) is 162 Å². The van der Waals surface area contributed by atoms with Crippen LogP contribution >= 0.6 is 7.82 Å². The third-order valence-electron chi connectivity index (χ3n) is 6.14. The lowest BCUT2D eigenvalue weighted by molar-refractivity contribution is -0.0714. The Morgan fingerprint density at radius 2 is 2.16 bits per heavy atom. The Hall–Kier alpha value is -3.16. The second kappa shape index (κ2) is 9.62. The summed E-state index contributed by atoms with van der Waals surface area (Å²) in [5.41, 5.74) is 4.90. The van der Waals surface area contributed by atoms with Crippen molar-refractivity contribution < 1.29 is 36.8 Å². The number of imidazole rings is 1. The molecule has 2 aromatic heterocycles. The van der Waals surface area contributed by atoms with Crippen molar-refractivity contribution in [3.05, 3.63) is 41.7 Å². The standard InChI is InChI=1S/C22H26FN6O7P/c1-4-32-19(30)13-8-6-5-7-12(13)9-33-37(31)34-10-14-16(36-37)22(2,23)20(35-14)29-11-26-15-17(25-3)27-21(24)28-18(15)29/h5-8,11,14,16,20H,4,9-10H2,1-3H3,(H3,24,25,27,28)/t14-,16-,20-,22-,37?/m1/s1. The number of aromatic nitrogens is 4. The molecule has 0 radical (unpaired) electrons. The van der Waals surface area contributed by atoms with Gasteiger partial charge in [-0.2, -0.15) is 9.97 Å². The van der Waals surface area contributed by atoms with E-state index in [1.807, 2.05) is 0 Å². The molecule has 5 atom stereocenters. The first kappa shape index (κ1) is 25.5. The lowest BCUT2D eigenvalue weighted by atomic mass is 9.98. The maximum absolute atomic E-state index is 16.3. The smallest absolute Gasteiger partial charge is 0.462 e. The number of anilines is 2. The van der Waals surface area contributed by atoms with Gasteiger partial charge in [-0.25, -0.2) is 18.7 Å². The maximum atomic E-state index is 16.3. The van der Waals surface area contributed by atoms with Gasteiger partial charge in [-0.15, -0.1) is 0 Å². The van der Waals surface area contributed by atoms with Crippen LogP contribution in [0.25, 0.3) is 11.2 Å². The van der Waals surface area contributed by atoms with Crippen LogP contribution in [0.4, 0.5) is 16.2 Å². The van der Waals surface area contributed by atoms with E-state index in [0.29, 0.717) is 16.9 Å². The van der Waals surface area contributed by atoms with E-state index in [9.17, 15) is 9.36 Å². The minimum absolute atomic E-state index is 0.0323. The minimum Gasteiger partial charge on any atom is -0.462 e. The second-order valence-corrected chi connectivity index (χ2v) is 10.2. The zero-order valence-electron chi connectivity index (χ0n) is 20.3. The molecule has 2 saturated heterocycles. The number of esters is 1. The van der Waals surface area contributed by atoms with Gasteiger partial charge in [0, 0.05) is 7.05 Å². The fraction of sp³-hybridized carbons (Fsp3) is 0.455. The van der Waals surface area contributed by atoms with Crippen LogP contribution in [-0.4, -0.2) is 63.6 Å². The molecule has 37 heavy (non-hydrogen) atoms. The molecular weight excluding hydrogens is 510 g/mol. The van der Waals surface area contributed by atoms with Crippen molar-refractivity contribution in [3.8, 4) is 0 Å². The summed E-state index contributed by atoms with van der Waals surface area (Å²) in [6.45, 7) is 2.62. The first-order chi connectivity index (χ1) is 17.7. The van der Waals surface area contributed by atoms with Crippen molar-refractivity contribution in [2.45, 2.75) is 44.6 Å². The van der Waals surface area contributed by atoms with Crippen LogP contribution in [0.3, 0.4) is 0 Å². The number of hydrogen-bond donors (Lipinski definition) is 2. The predicted molar refractivity (Wildman–Crippen MR) is 128 cm³/mol. The molecule has 0 saturated carbocycles. The molecule has 1 unspecified atom stereocenters. The van der Waals surface area contributed by atoms with Crippen molar-refractivity contribution in [2.24, 2.45) is 0 Å². The molecule has 0 spiro atoms. The van der Waals surface area contributed by atoms with E-state index in [0.717, 1.165) is 0 Å². The third-order valence-corrected chi connectivity index (χ3v) is 7.54. The minimum atomic E-state index is -4.22. The largest absolute Gasteiger partial charge is 0.475 e. The van der Waals surface area contributed by atoms with Crippen LogP contribution in [0.5, 0.6) is 0 Å². The highest BCUT2D eigenvalue weighted by Gasteiger charge is 2.61. The Morgan fingerprint density at radius 3 is 2.92 bits per heavy atom. The SMILES string of the molecule is CCOC(=O)c1ccccc1COP1(=O)OC[C@H]2O[C@@H](n3cnc4c(NC)nc(N)nc43)[C@](C)(F)[C@@H]2O1. The summed E-state index contributed by atoms with van der Waals surface area (Å²) in [5.74, 6) is -0.208. The number of carbonyl (C=O) groups is 1. The number of nitrogens with one attached hydrogen (secondary N) is 1. The lowest BCUT2D eigenvalue weighted by Crippen LogP contribution is -2.44. The molecule has 3 aromatic rings. The van der Waals surface area contributed by atoms with E-state index in [1.165, 1.54) is 17.8 Å². The number of benzene rings is 1. The molecule has 13 nitrogen and oxygen atoms in total. The summed E-state index contributed by atoms with van der Waals surface area (Å²) in [5, 5.41) is 2.87. The number of alkyl halides is 1. The number of nitrogen functional groups attached to an aromatic ring is 1. The van der Waals surface area contributed by atoms with Crippen molar-refractivity contribution in [3.63, 3.8) is 0 Å². The number of nitrogens with zero attached hydrogens (tertiary/aromatic N) is 4. The van der Waals surface area contributed by atoms with E-state index in [1.54, 1.807) is 38.2 Å². The highest BCUT2D eigenvalue weighted by Crippen LogP contribution is 2.60. The van der Waals surface area contributed by atoms with E-state index < -0.39 is 37.9 Å². The van der Waals surface area contributed by atoms with E-state index in [-0.39, 0.29) is 37.0 Å². The molecule has 198 valence electrons. The van der Waals surface area contributed by atoms with Crippen molar-refractivity contribution in [1.29, 1.82) is 0 Å². The molecule has 5 rings (SSSR count). The summed E-state index contributed by atoms with van der Waals surface area (Å²) in [6, 6.07) is 6.54. The average Bonchev–Trinajstić information content (AvgIpc) is 3.40. The van der Waals surface area contributed by atoms with Crippen LogP contribution in [0.2, 0.25) is 0 Å². The van der Waals surface area contributed by atoms with E-state index >= 15 is 4.39 Å². The number of ether oxygens (including phenoxy) is 2. The number of phosphoric ester groups is 1. The molecular formula is C22H26FN6O7P. The number of halogens is 1. The highest BCUT2D eigenvalue weighted by molar-refractivity contribution is 7.48. The molecule has 2 aliphatic heterocycles. The first-order valence-corrected chi connectivity index (χ1v) is 13.0. The van der Waals surface area contributed by atoms with Crippen LogP contribution in [0.1, 0.15) is 36.0 Å². The summed E-state index contributed by atoms with van der Waals surface area (Å²) < 4.78 is 58.4. The number of carbonyl (C=O) groups excluding carboxylic acids is 1. The molecule has 15 heteroatoms. The number of fused-ring (bicyclic) bond motifs is 2. The molecule has 3 N–H and O–H groups in total. The van der Waals surface area contributed by atoms with Gasteiger partial charge in [0.05, 0.1) is 31.7 Å². The number of hydrogen-bond acceptors (Lipinski definition) is 12. The van der Waals surface area contributed by atoms with Gasteiger partial charge in [0.2, 0.25) is 5.95 Å². The van der Waals surface area contributed by atoms with Crippen molar-refractivity contribution in [2.75, 3.05) is 31.3 Å². The number of rotatable bonds is 7.